The number of hydrogen-bond acceptors (Lipinski definition) is 5. The van der Waals surface area contributed by atoms with Gasteiger partial charge in [-0.3, -0.25) is 10.8 Å². The van der Waals surface area contributed by atoms with Crippen LogP contribution in [0.2, 0.25) is 0 Å². The van der Waals surface area contributed by atoms with Gasteiger partial charge in [-0.2, -0.15) is 0 Å². The molecule has 6 heteroatoms. The number of pyridine rings is 1. The molecule has 0 atom stereocenters. The van der Waals surface area contributed by atoms with Crippen LogP contribution in [0.4, 0.5) is 10.1 Å². The maximum Gasteiger partial charge on any atom is 0.167 e. The summed E-state index contributed by atoms with van der Waals surface area (Å²) in [5.41, 5.74) is 5.82. The van der Waals surface area contributed by atoms with E-state index in [-0.39, 0.29) is 5.75 Å². The Morgan fingerprint density at radius 1 is 1.50 bits per heavy atom. The number of anilines is 1. The van der Waals surface area contributed by atoms with Gasteiger partial charge in [-0.15, -0.1) is 0 Å². The maximum atomic E-state index is 13.9. The van der Waals surface area contributed by atoms with E-state index in [9.17, 15) is 4.39 Å². The van der Waals surface area contributed by atoms with Crippen LogP contribution < -0.4 is 16.0 Å². The lowest BCUT2D eigenvalue weighted by atomic mass is 10.0. The third-order valence-electron chi connectivity index (χ3n) is 3.40. The third-order valence-corrected chi connectivity index (χ3v) is 3.40. The summed E-state index contributed by atoms with van der Waals surface area (Å²) in [5, 5.41) is 0.738. The maximum absolute atomic E-state index is 13.9. The average Bonchev–Trinajstić information content (AvgIpc) is 2.46. The van der Waals surface area contributed by atoms with Crippen molar-refractivity contribution in [3.05, 3.63) is 29.2 Å². The quantitative estimate of drug-likeness (QED) is 0.664. The second-order valence-corrected chi connectivity index (χ2v) is 4.59. The average molecular weight is 277 g/mol. The number of ether oxygens (including phenoxy) is 2. The second kappa shape index (κ2) is 5.22. The molecule has 1 aliphatic rings. The Balaban J connectivity index is 2.27. The Hall–Kier alpha value is -1.92. The number of benzene rings is 1. The smallest absolute Gasteiger partial charge is 0.167 e. The molecular formula is C14H16FN3O2. The van der Waals surface area contributed by atoms with E-state index in [1.54, 1.807) is 6.07 Å². The van der Waals surface area contributed by atoms with Gasteiger partial charge in [0.1, 0.15) is 0 Å². The fourth-order valence-electron chi connectivity index (χ4n) is 2.49. The highest BCUT2D eigenvalue weighted by atomic mass is 19.1. The Morgan fingerprint density at radius 3 is 3.10 bits per heavy atom. The first kappa shape index (κ1) is 13.1. The van der Waals surface area contributed by atoms with Gasteiger partial charge in [-0.1, -0.05) is 0 Å². The van der Waals surface area contributed by atoms with Crippen LogP contribution in [-0.4, -0.2) is 18.2 Å². The van der Waals surface area contributed by atoms with Gasteiger partial charge in [0.15, 0.2) is 11.6 Å². The second-order valence-electron chi connectivity index (χ2n) is 4.59. The van der Waals surface area contributed by atoms with Crippen molar-refractivity contribution >= 4 is 16.6 Å². The number of fused-ring (bicyclic) bond motifs is 2. The molecular weight excluding hydrogens is 261 g/mol. The minimum absolute atomic E-state index is 0.204. The number of halogens is 1. The van der Waals surface area contributed by atoms with E-state index in [2.05, 4.69) is 10.4 Å². The Bertz CT molecular complexity index is 661. The first-order valence-electron chi connectivity index (χ1n) is 6.56. The Kier molecular flexibility index (Phi) is 3.42. The summed E-state index contributed by atoms with van der Waals surface area (Å²) in [7, 11) is 0. The lowest BCUT2D eigenvalue weighted by molar-refractivity contribution is 0.110. The normalized spacial score (nSPS) is 14.2. The van der Waals surface area contributed by atoms with Crippen molar-refractivity contribution < 1.29 is 13.9 Å². The fraction of sp³-hybridized carbons (Fsp3) is 0.357. The summed E-state index contributed by atoms with van der Waals surface area (Å²) in [6.07, 6.45) is 0.703. The molecule has 106 valence electrons. The summed E-state index contributed by atoms with van der Waals surface area (Å²) in [4.78, 5) is 4.52. The van der Waals surface area contributed by atoms with Gasteiger partial charge in [-0.25, -0.2) is 4.39 Å². The van der Waals surface area contributed by atoms with Crippen LogP contribution in [-0.2, 0) is 17.8 Å². The van der Waals surface area contributed by atoms with Gasteiger partial charge in [-0.05, 0) is 13.0 Å². The zero-order valence-corrected chi connectivity index (χ0v) is 11.2. The van der Waals surface area contributed by atoms with Crippen molar-refractivity contribution in [3.8, 4) is 5.75 Å². The number of nitrogens with one attached hydrogen (secondary N) is 1. The molecule has 3 N–H and O–H groups in total. The van der Waals surface area contributed by atoms with E-state index >= 15 is 0 Å². The molecule has 0 unspecified atom stereocenters. The van der Waals surface area contributed by atoms with Gasteiger partial charge < -0.3 is 14.9 Å². The van der Waals surface area contributed by atoms with Gasteiger partial charge in [0.25, 0.3) is 0 Å². The first-order valence-corrected chi connectivity index (χ1v) is 6.56. The SMILES string of the molecule is CCOc1cc2c(NN)c3c(nc2cc1F)CCOC3. The van der Waals surface area contributed by atoms with Crippen LogP contribution in [0.5, 0.6) is 5.75 Å². The van der Waals surface area contributed by atoms with Crippen molar-refractivity contribution in [1.29, 1.82) is 0 Å². The molecule has 0 spiro atoms. The molecule has 3 rings (SSSR count). The zero-order valence-electron chi connectivity index (χ0n) is 11.2. The molecule has 0 saturated carbocycles. The summed E-state index contributed by atoms with van der Waals surface area (Å²) < 4.78 is 24.7. The lowest BCUT2D eigenvalue weighted by Gasteiger charge is -2.21. The van der Waals surface area contributed by atoms with E-state index in [0.717, 1.165) is 22.3 Å². The number of nitrogens with zero attached hydrogens (tertiary/aromatic N) is 1. The molecule has 2 aromatic rings. The van der Waals surface area contributed by atoms with Crippen LogP contribution in [0.1, 0.15) is 18.2 Å². The highest BCUT2D eigenvalue weighted by Gasteiger charge is 2.19. The molecule has 1 aromatic heterocycles. The van der Waals surface area contributed by atoms with Crippen LogP contribution >= 0.6 is 0 Å². The Morgan fingerprint density at radius 2 is 2.35 bits per heavy atom. The van der Waals surface area contributed by atoms with Crippen LogP contribution in [0, 0.1) is 5.82 Å². The number of aromatic nitrogens is 1. The standard InChI is InChI=1S/C14H16FN3O2/c1-2-20-13-5-8-12(6-10(13)15)17-11-3-4-19-7-9(11)14(8)18-16/h5-6H,2-4,7,16H2,1H3,(H,17,18). The molecule has 20 heavy (non-hydrogen) atoms. The van der Waals surface area contributed by atoms with E-state index in [1.807, 2.05) is 6.92 Å². The molecule has 1 aromatic carbocycles. The van der Waals surface area contributed by atoms with Gasteiger partial charge >= 0.3 is 0 Å². The molecule has 0 fully saturated rings. The van der Waals surface area contributed by atoms with E-state index in [4.69, 9.17) is 15.3 Å². The predicted molar refractivity (Wildman–Crippen MR) is 74.0 cm³/mol. The lowest BCUT2D eigenvalue weighted by Crippen LogP contribution is -2.18. The predicted octanol–water partition coefficient (Wildman–Crippen LogP) is 2.13. The minimum Gasteiger partial charge on any atom is -0.491 e. The van der Waals surface area contributed by atoms with Crippen molar-refractivity contribution in [2.24, 2.45) is 5.84 Å². The number of hydrazine groups is 1. The summed E-state index contributed by atoms with van der Waals surface area (Å²) >= 11 is 0. The number of nitrogen functional groups attached to an aromatic ring is 1. The molecule has 0 amide bonds. The molecule has 2 heterocycles. The summed E-state index contributed by atoms with van der Waals surface area (Å²) in [6, 6.07) is 3.02. The first-order chi connectivity index (χ1) is 9.74. The Labute approximate surface area is 115 Å². The number of rotatable bonds is 3. The van der Waals surface area contributed by atoms with Gasteiger partial charge in [0.2, 0.25) is 0 Å². The summed E-state index contributed by atoms with van der Waals surface area (Å²) in [5.74, 6) is 5.42. The molecule has 0 aliphatic carbocycles. The van der Waals surface area contributed by atoms with Crippen LogP contribution in [0.3, 0.4) is 0 Å². The van der Waals surface area contributed by atoms with Crippen molar-refractivity contribution in [1.82, 2.24) is 4.98 Å². The number of hydrogen-bond donors (Lipinski definition) is 2. The van der Waals surface area contributed by atoms with E-state index in [1.165, 1.54) is 6.07 Å². The summed E-state index contributed by atoms with van der Waals surface area (Å²) in [6.45, 7) is 3.29. The zero-order chi connectivity index (χ0) is 14.1. The monoisotopic (exact) mass is 277 g/mol. The third kappa shape index (κ3) is 2.07. The van der Waals surface area contributed by atoms with Crippen molar-refractivity contribution in [2.45, 2.75) is 20.0 Å². The largest absolute Gasteiger partial charge is 0.491 e. The molecule has 0 radical (unpaired) electrons. The van der Waals surface area contributed by atoms with Crippen molar-refractivity contribution in [2.75, 3.05) is 18.6 Å². The molecule has 5 nitrogen and oxygen atoms in total. The van der Waals surface area contributed by atoms with Gasteiger partial charge in [0.05, 0.1) is 36.7 Å². The molecule has 0 bridgehead atoms. The molecule has 0 saturated heterocycles. The fourth-order valence-corrected chi connectivity index (χ4v) is 2.49. The van der Waals surface area contributed by atoms with E-state index < -0.39 is 5.82 Å². The van der Waals surface area contributed by atoms with Crippen LogP contribution in [0.15, 0.2) is 12.1 Å². The minimum atomic E-state index is -0.415. The van der Waals surface area contributed by atoms with Gasteiger partial charge in [0, 0.05) is 23.4 Å². The highest BCUT2D eigenvalue weighted by Crippen LogP contribution is 2.34. The number of nitrogens with two attached hydrogens (primary N) is 1. The molecule has 1 aliphatic heterocycles. The van der Waals surface area contributed by atoms with Crippen LogP contribution in [0.25, 0.3) is 10.9 Å². The van der Waals surface area contributed by atoms with E-state index in [0.29, 0.717) is 31.8 Å². The topological polar surface area (TPSA) is 69.4 Å². The highest BCUT2D eigenvalue weighted by molar-refractivity contribution is 5.94. The van der Waals surface area contributed by atoms with Crippen molar-refractivity contribution in [3.63, 3.8) is 0 Å².